The monoisotopic (exact) mass is 274 g/mol. The zero-order valence-corrected chi connectivity index (χ0v) is 12.6. The molecule has 1 atom stereocenters. The molecule has 110 valence electrons. The van der Waals surface area contributed by atoms with Gasteiger partial charge in [0.25, 0.3) is 0 Å². The first-order chi connectivity index (χ1) is 9.72. The third kappa shape index (κ3) is 3.83. The minimum atomic E-state index is -0.0231. The largest absolute Gasteiger partial charge is 0.342 e. The molecule has 3 heteroatoms. The summed E-state index contributed by atoms with van der Waals surface area (Å²) in [6, 6.07) is 10.1. The molecule has 0 saturated carbocycles. The third-order valence-electron chi connectivity index (χ3n) is 4.40. The molecule has 1 fully saturated rings. The predicted octanol–water partition coefficient (Wildman–Crippen LogP) is 2.64. The number of carbonyl (C=O) groups is 1. The molecule has 20 heavy (non-hydrogen) atoms. The van der Waals surface area contributed by atoms with Gasteiger partial charge in [0, 0.05) is 13.1 Å². The number of likely N-dealkylation sites (tertiary alicyclic amines) is 1. The highest BCUT2D eigenvalue weighted by Crippen LogP contribution is 2.24. The Balaban J connectivity index is 1.85. The van der Waals surface area contributed by atoms with Crippen molar-refractivity contribution in [1.82, 2.24) is 10.2 Å². The molecule has 1 unspecified atom stereocenters. The lowest BCUT2D eigenvalue weighted by atomic mass is 9.92. The van der Waals surface area contributed by atoms with E-state index < -0.39 is 0 Å². The Bertz CT molecular complexity index is 410. The topological polar surface area (TPSA) is 32.3 Å². The molecule has 1 N–H and O–H groups in total. The molecule has 0 aromatic heterocycles. The molecule has 1 aliphatic heterocycles. The molecule has 0 radical (unpaired) electrons. The van der Waals surface area contributed by atoms with Crippen molar-refractivity contribution in [2.24, 2.45) is 5.92 Å². The van der Waals surface area contributed by atoms with Crippen LogP contribution in [0.1, 0.15) is 37.7 Å². The van der Waals surface area contributed by atoms with E-state index in [9.17, 15) is 4.79 Å². The fourth-order valence-electron chi connectivity index (χ4n) is 2.95. The summed E-state index contributed by atoms with van der Waals surface area (Å²) in [5.41, 5.74) is 1.12. The number of rotatable bonds is 5. The van der Waals surface area contributed by atoms with Crippen molar-refractivity contribution in [3.05, 3.63) is 35.9 Å². The average Bonchev–Trinajstić information content (AvgIpc) is 2.53. The van der Waals surface area contributed by atoms with Crippen molar-refractivity contribution in [1.29, 1.82) is 0 Å². The van der Waals surface area contributed by atoms with Gasteiger partial charge in [0.15, 0.2) is 0 Å². The lowest BCUT2D eigenvalue weighted by molar-refractivity contribution is -0.133. The smallest absolute Gasteiger partial charge is 0.229 e. The fourth-order valence-corrected chi connectivity index (χ4v) is 2.95. The second-order valence-electron chi connectivity index (χ2n) is 5.79. The summed E-state index contributed by atoms with van der Waals surface area (Å²) in [6.45, 7) is 4.94. The van der Waals surface area contributed by atoms with E-state index in [1.807, 2.05) is 49.2 Å². The van der Waals surface area contributed by atoms with Crippen LogP contribution in [0.2, 0.25) is 0 Å². The van der Waals surface area contributed by atoms with E-state index >= 15 is 0 Å². The van der Waals surface area contributed by atoms with Crippen LogP contribution in [0, 0.1) is 5.92 Å². The lowest BCUT2D eigenvalue weighted by Gasteiger charge is -2.33. The number of benzene rings is 1. The van der Waals surface area contributed by atoms with Crippen LogP contribution in [0.4, 0.5) is 0 Å². The van der Waals surface area contributed by atoms with Crippen LogP contribution < -0.4 is 5.32 Å². The molecule has 0 spiro atoms. The molecule has 1 aromatic rings. The van der Waals surface area contributed by atoms with Crippen molar-refractivity contribution in [3.63, 3.8) is 0 Å². The van der Waals surface area contributed by atoms with Crippen LogP contribution in [-0.4, -0.2) is 37.5 Å². The summed E-state index contributed by atoms with van der Waals surface area (Å²) in [4.78, 5) is 14.6. The maximum absolute atomic E-state index is 12.5. The molecule has 0 aliphatic carbocycles. The van der Waals surface area contributed by atoms with Gasteiger partial charge >= 0.3 is 0 Å². The zero-order chi connectivity index (χ0) is 14.4. The number of hydrogen-bond acceptors (Lipinski definition) is 2. The maximum Gasteiger partial charge on any atom is 0.229 e. The average molecular weight is 274 g/mol. The van der Waals surface area contributed by atoms with Crippen LogP contribution in [0.15, 0.2) is 30.3 Å². The molecule has 2 rings (SSSR count). The molecular weight excluding hydrogens is 248 g/mol. The van der Waals surface area contributed by atoms with Crippen LogP contribution >= 0.6 is 0 Å². The van der Waals surface area contributed by atoms with Crippen molar-refractivity contribution in [2.75, 3.05) is 26.7 Å². The molecule has 1 aliphatic rings. The van der Waals surface area contributed by atoms with Gasteiger partial charge in [-0.15, -0.1) is 0 Å². The van der Waals surface area contributed by atoms with Gasteiger partial charge in [-0.25, -0.2) is 0 Å². The molecule has 1 saturated heterocycles. The Morgan fingerprint density at radius 2 is 1.95 bits per heavy atom. The first-order valence-electron chi connectivity index (χ1n) is 7.70. The summed E-state index contributed by atoms with van der Waals surface area (Å²) in [5.74, 6) is 1.03. The first-order valence-corrected chi connectivity index (χ1v) is 7.70. The van der Waals surface area contributed by atoms with Crippen LogP contribution in [-0.2, 0) is 4.79 Å². The van der Waals surface area contributed by atoms with E-state index in [0.29, 0.717) is 0 Å². The number of amides is 1. The van der Waals surface area contributed by atoms with Gasteiger partial charge in [0.2, 0.25) is 5.91 Å². The van der Waals surface area contributed by atoms with E-state index in [0.717, 1.165) is 44.0 Å². The van der Waals surface area contributed by atoms with E-state index in [2.05, 4.69) is 5.32 Å². The molecule has 1 aromatic carbocycles. The van der Waals surface area contributed by atoms with Crippen molar-refractivity contribution >= 4 is 5.91 Å². The quantitative estimate of drug-likeness (QED) is 0.895. The Morgan fingerprint density at radius 3 is 2.55 bits per heavy atom. The van der Waals surface area contributed by atoms with Gasteiger partial charge in [0.05, 0.1) is 5.92 Å². The highest BCUT2D eigenvalue weighted by molar-refractivity contribution is 5.83. The van der Waals surface area contributed by atoms with E-state index in [-0.39, 0.29) is 11.8 Å². The SMILES string of the molecule is CNCCC1CCN(C(=O)C(C)c2ccccc2)CC1. The summed E-state index contributed by atoms with van der Waals surface area (Å²) < 4.78 is 0. The predicted molar refractivity (Wildman–Crippen MR) is 82.7 cm³/mol. The minimum Gasteiger partial charge on any atom is -0.342 e. The Kier molecular flexibility index (Phi) is 5.60. The highest BCUT2D eigenvalue weighted by Gasteiger charge is 2.26. The zero-order valence-electron chi connectivity index (χ0n) is 12.6. The Labute approximate surface area is 122 Å². The number of carbonyl (C=O) groups excluding carboxylic acids is 1. The summed E-state index contributed by atoms with van der Waals surface area (Å²) >= 11 is 0. The summed E-state index contributed by atoms with van der Waals surface area (Å²) in [5, 5.41) is 3.21. The van der Waals surface area contributed by atoms with Crippen molar-refractivity contribution < 1.29 is 4.79 Å². The van der Waals surface area contributed by atoms with E-state index in [4.69, 9.17) is 0 Å². The normalized spacial score (nSPS) is 18.0. The molecule has 1 amide bonds. The van der Waals surface area contributed by atoms with Crippen LogP contribution in [0.25, 0.3) is 0 Å². The van der Waals surface area contributed by atoms with Gasteiger partial charge in [-0.3, -0.25) is 4.79 Å². The van der Waals surface area contributed by atoms with E-state index in [1.54, 1.807) is 0 Å². The molecule has 0 bridgehead atoms. The van der Waals surface area contributed by atoms with E-state index in [1.165, 1.54) is 6.42 Å². The third-order valence-corrected chi connectivity index (χ3v) is 4.40. The van der Waals surface area contributed by atoms with Gasteiger partial charge in [-0.1, -0.05) is 30.3 Å². The molecular formula is C17H26N2O. The first kappa shape index (κ1) is 15.0. The summed E-state index contributed by atoms with van der Waals surface area (Å²) in [6.07, 6.45) is 3.52. The second kappa shape index (κ2) is 7.44. The number of hydrogen-bond donors (Lipinski definition) is 1. The minimum absolute atomic E-state index is 0.0231. The van der Waals surface area contributed by atoms with Crippen LogP contribution in [0.3, 0.4) is 0 Å². The van der Waals surface area contributed by atoms with Gasteiger partial charge < -0.3 is 10.2 Å². The molecule has 3 nitrogen and oxygen atoms in total. The number of nitrogens with zero attached hydrogens (tertiary/aromatic N) is 1. The number of piperidine rings is 1. The Hall–Kier alpha value is -1.35. The maximum atomic E-state index is 12.5. The van der Waals surface area contributed by atoms with Gasteiger partial charge in [-0.2, -0.15) is 0 Å². The van der Waals surface area contributed by atoms with Crippen LogP contribution in [0.5, 0.6) is 0 Å². The second-order valence-corrected chi connectivity index (χ2v) is 5.79. The highest BCUT2D eigenvalue weighted by atomic mass is 16.2. The fraction of sp³-hybridized carbons (Fsp3) is 0.588. The lowest BCUT2D eigenvalue weighted by Crippen LogP contribution is -2.40. The van der Waals surface area contributed by atoms with Gasteiger partial charge in [0.1, 0.15) is 0 Å². The standard InChI is InChI=1S/C17H26N2O/c1-14(16-6-4-3-5-7-16)17(20)19-12-9-15(10-13-19)8-11-18-2/h3-7,14-15,18H,8-13H2,1-2H3. The van der Waals surface area contributed by atoms with Crippen molar-refractivity contribution in [2.45, 2.75) is 32.1 Å². The number of nitrogens with one attached hydrogen (secondary N) is 1. The van der Waals surface area contributed by atoms with Gasteiger partial charge in [-0.05, 0) is 51.3 Å². The molecule has 1 heterocycles. The van der Waals surface area contributed by atoms with Crippen molar-refractivity contribution in [3.8, 4) is 0 Å². The Morgan fingerprint density at radius 1 is 1.30 bits per heavy atom. The summed E-state index contributed by atoms with van der Waals surface area (Å²) in [7, 11) is 2.00.